The predicted molar refractivity (Wildman–Crippen MR) is 96.9 cm³/mol. The number of methoxy groups -OCH3 is 1. The number of halogens is 3. The first-order valence-corrected chi connectivity index (χ1v) is 8.23. The molecule has 140 valence electrons. The second-order valence-electron chi connectivity index (χ2n) is 6.04. The van der Waals surface area contributed by atoms with Crippen LogP contribution >= 0.6 is 0 Å². The Balaban J connectivity index is 2.66. The zero-order chi connectivity index (χ0) is 19.3. The molecule has 2 rings (SSSR count). The van der Waals surface area contributed by atoms with E-state index in [0.717, 1.165) is 24.3 Å². The Bertz CT molecular complexity index is 786. The predicted octanol–water partition coefficient (Wildman–Crippen LogP) is 3.76. The van der Waals surface area contributed by atoms with Gasteiger partial charge in [-0.2, -0.15) is 13.2 Å². The van der Waals surface area contributed by atoms with Gasteiger partial charge in [0.25, 0.3) is 0 Å². The van der Waals surface area contributed by atoms with Crippen molar-refractivity contribution in [3.63, 3.8) is 0 Å². The highest BCUT2D eigenvalue weighted by molar-refractivity contribution is 6.46. The summed E-state index contributed by atoms with van der Waals surface area (Å²) >= 11 is 0. The van der Waals surface area contributed by atoms with Crippen molar-refractivity contribution in [2.75, 3.05) is 20.2 Å². The van der Waals surface area contributed by atoms with E-state index >= 15 is 0 Å². The maximum Gasteiger partial charge on any atom is 0.416 e. The van der Waals surface area contributed by atoms with E-state index in [1.165, 1.54) is 13.2 Å². The summed E-state index contributed by atoms with van der Waals surface area (Å²) in [7, 11) is 1.36. The Hall–Kier alpha value is -2.57. The lowest BCUT2D eigenvalue weighted by atomic mass is 10.0. The largest absolute Gasteiger partial charge is 0.496 e. The number of allylic oxidation sites excluding steroid dienone is 1. The molecule has 0 aromatic heterocycles. The van der Waals surface area contributed by atoms with Crippen LogP contribution in [0.4, 0.5) is 13.2 Å². The first-order valence-electron chi connectivity index (χ1n) is 8.23. The molecule has 2 N–H and O–H groups in total. The highest BCUT2D eigenvalue weighted by atomic mass is 19.4. The van der Waals surface area contributed by atoms with Crippen LogP contribution in [0.15, 0.2) is 47.2 Å². The number of nitrogens with two attached hydrogens (primary N) is 1. The molecule has 0 bridgehead atoms. The molecule has 1 aliphatic rings. The number of nitrogens with zero attached hydrogens (tertiary/aromatic N) is 2. The topological polar surface area (TPSA) is 50.6 Å². The average molecular weight is 366 g/mol. The van der Waals surface area contributed by atoms with E-state index in [1.54, 1.807) is 13.1 Å². The first-order chi connectivity index (χ1) is 12.2. The lowest BCUT2D eigenvalue weighted by molar-refractivity contribution is -0.515. The van der Waals surface area contributed by atoms with Gasteiger partial charge < -0.3 is 10.5 Å². The molecular weight excluding hydrogens is 343 g/mol. The van der Waals surface area contributed by atoms with Gasteiger partial charge in [-0.15, -0.1) is 0 Å². The summed E-state index contributed by atoms with van der Waals surface area (Å²) in [5.41, 5.74) is 7.68. The first kappa shape index (κ1) is 19.8. The van der Waals surface area contributed by atoms with Gasteiger partial charge in [-0.1, -0.05) is 6.08 Å². The Kier molecular flexibility index (Phi) is 6.23. The van der Waals surface area contributed by atoms with Gasteiger partial charge in [-0.3, -0.25) is 4.99 Å². The van der Waals surface area contributed by atoms with Crippen LogP contribution in [0.5, 0.6) is 5.75 Å². The fraction of sp³-hybridized carbons (Fsp3) is 0.368. The molecule has 0 amide bonds. The van der Waals surface area contributed by atoms with Gasteiger partial charge in [0, 0.05) is 18.3 Å². The third-order valence-electron chi connectivity index (χ3n) is 4.02. The summed E-state index contributed by atoms with van der Waals surface area (Å²) < 4.78 is 46.4. The normalized spacial score (nSPS) is 17.5. The second kappa shape index (κ2) is 8.21. The van der Waals surface area contributed by atoms with Gasteiger partial charge in [0.2, 0.25) is 5.71 Å². The standard InChI is InChI=1S/C19H23F3N3O/c1-13(23)8-11-25-10-5-4-9-24-14(2)18(25)16-7-6-15(19(20,21)22)12-17(16)26-3/h4,6-9,12H,5,10-11,23H2,1-3H3/q+1/b9-4-,13-8+,24-14?,25-18?. The molecule has 1 aliphatic heterocycles. The fourth-order valence-electron chi connectivity index (χ4n) is 2.74. The number of ether oxygens (including phenoxy) is 1. The van der Waals surface area contributed by atoms with Gasteiger partial charge in [0.05, 0.1) is 18.2 Å². The zero-order valence-electron chi connectivity index (χ0n) is 15.1. The van der Waals surface area contributed by atoms with E-state index in [0.29, 0.717) is 30.1 Å². The summed E-state index contributed by atoms with van der Waals surface area (Å²) in [4.78, 5) is 4.39. The summed E-state index contributed by atoms with van der Waals surface area (Å²) in [6, 6.07) is 3.52. The molecule has 1 aromatic rings. The van der Waals surface area contributed by atoms with E-state index in [4.69, 9.17) is 10.5 Å². The molecule has 1 aromatic carbocycles. The summed E-state index contributed by atoms with van der Waals surface area (Å²) in [5.74, 6) is 0.160. The quantitative estimate of drug-likeness (QED) is 0.825. The van der Waals surface area contributed by atoms with Crippen LogP contribution in [-0.2, 0) is 6.18 Å². The van der Waals surface area contributed by atoms with E-state index < -0.39 is 11.7 Å². The van der Waals surface area contributed by atoms with Crippen molar-refractivity contribution in [1.29, 1.82) is 0 Å². The Morgan fingerprint density at radius 1 is 1.38 bits per heavy atom. The molecule has 0 saturated heterocycles. The van der Waals surface area contributed by atoms with Crippen molar-refractivity contribution in [3.05, 3.63) is 53.4 Å². The van der Waals surface area contributed by atoms with Crippen LogP contribution in [0, 0.1) is 0 Å². The highest BCUT2D eigenvalue weighted by Gasteiger charge is 2.33. The summed E-state index contributed by atoms with van der Waals surface area (Å²) in [5, 5.41) is 0. The number of benzene rings is 1. The minimum absolute atomic E-state index is 0.160. The van der Waals surface area contributed by atoms with Crippen molar-refractivity contribution >= 4 is 11.4 Å². The number of hydrogen-bond acceptors (Lipinski definition) is 3. The van der Waals surface area contributed by atoms with Gasteiger partial charge in [-0.25, -0.2) is 4.58 Å². The molecule has 4 nitrogen and oxygen atoms in total. The monoisotopic (exact) mass is 366 g/mol. The Morgan fingerprint density at radius 3 is 2.73 bits per heavy atom. The van der Waals surface area contributed by atoms with E-state index in [-0.39, 0.29) is 5.75 Å². The van der Waals surface area contributed by atoms with Crippen LogP contribution in [0.1, 0.15) is 31.4 Å². The summed E-state index contributed by atoms with van der Waals surface area (Å²) in [6.45, 7) is 4.84. The molecule has 26 heavy (non-hydrogen) atoms. The molecule has 1 heterocycles. The summed E-state index contributed by atoms with van der Waals surface area (Å²) in [6.07, 6.45) is 1.88. The third-order valence-corrected chi connectivity index (χ3v) is 4.02. The Morgan fingerprint density at radius 2 is 2.12 bits per heavy atom. The maximum atomic E-state index is 13.0. The van der Waals surface area contributed by atoms with Crippen molar-refractivity contribution in [3.8, 4) is 5.75 Å². The van der Waals surface area contributed by atoms with Crippen molar-refractivity contribution in [1.82, 2.24) is 0 Å². The van der Waals surface area contributed by atoms with Crippen LogP contribution in [0.2, 0.25) is 0 Å². The fourth-order valence-corrected chi connectivity index (χ4v) is 2.74. The SMILES string of the molecule is COc1cc(C(F)(F)F)ccc1C1=[N+](C/C=C(\C)N)CC/C=C\N=C1C. The molecule has 0 radical (unpaired) electrons. The lowest BCUT2D eigenvalue weighted by Crippen LogP contribution is -2.30. The number of rotatable bonds is 4. The van der Waals surface area contributed by atoms with E-state index in [1.807, 2.05) is 23.7 Å². The van der Waals surface area contributed by atoms with Crippen molar-refractivity contribution in [2.45, 2.75) is 26.4 Å². The molecule has 0 saturated carbocycles. The second-order valence-corrected chi connectivity index (χ2v) is 6.04. The van der Waals surface area contributed by atoms with Crippen molar-refractivity contribution < 1.29 is 22.5 Å². The Labute approximate surface area is 151 Å². The molecule has 0 fully saturated rings. The van der Waals surface area contributed by atoms with Crippen LogP contribution in [0.3, 0.4) is 0 Å². The number of aliphatic imine (C=N–C) groups is 1. The average Bonchev–Trinajstić information content (AvgIpc) is 2.56. The third kappa shape index (κ3) is 4.74. The number of alkyl halides is 3. The van der Waals surface area contributed by atoms with Gasteiger partial charge in [0.15, 0.2) is 6.54 Å². The van der Waals surface area contributed by atoms with Crippen LogP contribution < -0.4 is 10.5 Å². The van der Waals surface area contributed by atoms with Gasteiger partial charge >= 0.3 is 6.18 Å². The van der Waals surface area contributed by atoms with Crippen LogP contribution in [-0.4, -0.2) is 36.2 Å². The molecule has 0 atom stereocenters. The maximum absolute atomic E-state index is 13.0. The van der Waals surface area contributed by atoms with E-state index in [9.17, 15) is 13.2 Å². The number of hydrogen-bond donors (Lipinski definition) is 1. The zero-order valence-corrected chi connectivity index (χ0v) is 15.1. The van der Waals surface area contributed by atoms with Crippen molar-refractivity contribution in [2.24, 2.45) is 10.7 Å². The lowest BCUT2D eigenvalue weighted by Gasteiger charge is -2.15. The highest BCUT2D eigenvalue weighted by Crippen LogP contribution is 2.33. The minimum Gasteiger partial charge on any atom is -0.496 e. The smallest absolute Gasteiger partial charge is 0.416 e. The molecule has 0 aliphatic carbocycles. The van der Waals surface area contributed by atoms with Gasteiger partial charge in [-0.05, 0) is 38.1 Å². The molecule has 7 heteroatoms. The van der Waals surface area contributed by atoms with Gasteiger partial charge in [0.1, 0.15) is 18.0 Å². The molecular formula is C19H23F3N3O+. The minimum atomic E-state index is -4.43. The van der Waals surface area contributed by atoms with E-state index in [2.05, 4.69) is 4.99 Å². The molecule has 0 unspecified atom stereocenters. The van der Waals surface area contributed by atoms with Crippen LogP contribution in [0.25, 0.3) is 0 Å². The molecule has 0 spiro atoms.